The second-order valence-electron chi connectivity index (χ2n) is 5.13. The molecular weight excluding hydrogens is 160 g/mol. The van der Waals surface area contributed by atoms with Crippen molar-refractivity contribution >= 4 is 5.84 Å². The van der Waals surface area contributed by atoms with Crippen LogP contribution in [-0.4, -0.2) is 12.4 Å². The van der Waals surface area contributed by atoms with Crippen LogP contribution in [0, 0.1) is 11.3 Å². The Morgan fingerprint density at radius 3 is 2.31 bits per heavy atom. The van der Waals surface area contributed by atoms with Crippen molar-refractivity contribution in [2.45, 2.75) is 46.5 Å². The zero-order chi connectivity index (χ0) is 9.90. The van der Waals surface area contributed by atoms with Crippen LogP contribution in [0.15, 0.2) is 4.99 Å². The molecule has 0 amide bonds. The van der Waals surface area contributed by atoms with Gasteiger partial charge in [0.05, 0.1) is 5.84 Å². The number of nitrogens with zero attached hydrogens (tertiary/aromatic N) is 1. The van der Waals surface area contributed by atoms with Gasteiger partial charge in [0.15, 0.2) is 0 Å². The monoisotopic (exact) mass is 182 g/mol. The maximum atomic E-state index is 5.88. The lowest BCUT2D eigenvalue weighted by Gasteiger charge is -2.18. The van der Waals surface area contributed by atoms with E-state index >= 15 is 0 Å². The van der Waals surface area contributed by atoms with Gasteiger partial charge in [-0.3, -0.25) is 4.99 Å². The van der Waals surface area contributed by atoms with Crippen LogP contribution < -0.4 is 5.73 Å². The summed E-state index contributed by atoms with van der Waals surface area (Å²) in [5.41, 5.74) is 5.92. The molecule has 1 aliphatic carbocycles. The van der Waals surface area contributed by atoms with Crippen LogP contribution in [0.25, 0.3) is 0 Å². The number of rotatable bonds is 2. The molecule has 0 atom stereocenters. The quantitative estimate of drug-likeness (QED) is 0.517. The number of amidine groups is 1. The van der Waals surface area contributed by atoms with Crippen LogP contribution in [0.3, 0.4) is 0 Å². The highest BCUT2D eigenvalue weighted by Crippen LogP contribution is 2.25. The molecule has 0 heterocycles. The number of aliphatic imine (C=N–C) groups is 1. The molecule has 0 bridgehead atoms. The van der Waals surface area contributed by atoms with Crippen LogP contribution in [0.5, 0.6) is 0 Å². The third kappa shape index (κ3) is 3.37. The van der Waals surface area contributed by atoms with E-state index < -0.39 is 0 Å². The first-order valence-electron chi connectivity index (χ1n) is 5.30. The second kappa shape index (κ2) is 4.12. The molecule has 2 nitrogen and oxygen atoms in total. The van der Waals surface area contributed by atoms with Crippen molar-refractivity contribution in [2.24, 2.45) is 22.1 Å². The predicted octanol–water partition coefficient (Wildman–Crippen LogP) is 2.58. The van der Waals surface area contributed by atoms with Crippen LogP contribution in [0.2, 0.25) is 0 Å². The third-order valence-electron chi connectivity index (χ3n) is 2.76. The normalized spacial score (nSPS) is 21.0. The van der Waals surface area contributed by atoms with E-state index in [9.17, 15) is 0 Å². The van der Waals surface area contributed by atoms with E-state index in [4.69, 9.17) is 5.73 Å². The van der Waals surface area contributed by atoms with Crippen molar-refractivity contribution in [3.05, 3.63) is 0 Å². The third-order valence-corrected chi connectivity index (χ3v) is 2.76. The average Bonchev–Trinajstić information content (AvgIpc) is 2.50. The minimum absolute atomic E-state index is 0.0403. The minimum atomic E-state index is 0.0403. The van der Waals surface area contributed by atoms with Crippen molar-refractivity contribution < 1.29 is 0 Å². The van der Waals surface area contributed by atoms with Gasteiger partial charge in [-0.2, -0.15) is 0 Å². The Morgan fingerprint density at radius 1 is 1.31 bits per heavy atom. The first kappa shape index (κ1) is 10.6. The van der Waals surface area contributed by atoms with E-state index in [-0.39, 0.29) is 5.41 Å². The summed E-state index contributed by atoms with van der Waals surface area (Å²) in [6.07, 6.45) is 5.47. The van der Waals surface area contributed by atoms with Gasteiger partial charge in [0.2, 0.25) is 0 Å². The zero-order valence-electron chi connectivity index (χ0n) is 9.14. The average molecular weight is 182 g/mol. The smallest absolute Gasteiger partial charge is 0.0991 e. The molecule has 0 spiro atoms. The van der Waals surface area contributed by atoms with Crippen molar-refractivity contribution in [3.63, 3.8) is 0 Å². The first-order valence-corrected chi connectivity index (χ1v) is 5.30. The van der Waals surface area contributed by atoms with Gasteiger partial charge in [0.25, 0.3) is 0 Å². The fraction of sp³-hybridized carbons (Fsp3) is 0.909. The van der Waals surface area contributed by atoms with Gasteiger partial charge in [-0.25, -0.2) is 0 Å². The Bertz CT molecular complexity index is 183. The van der Waals surface area contributed by atoms with Crippen LogP contribution in [0.1, 0.15) is 46.5 Å². The molecule has 76 valence electrons. The Kier molecular flexibility index (Phi) is 3.34. The van der Waals surface area contributed by atoms with Crippen LogP contribution in [-0.2, 0) is 0 Å². The zero-order valence-corrected chi connectivity index (χ0v) is 9.14. The minimum Gasteiger partial charge on any atom is -0.387 e. The Balaban J connectivity index is 2.38. The summed E-state index contributed by atoms with van der Waals surface area (Å²) >= 11 is 0. The van der Waals surface area contributed by atoms with Crippen LogP contribution in [0.4, 0.5) is 0 Å². The molecular formula is C11H22N2. The molecule has 0 aromatic carbocycles. The largest absolute Gasteiger partial charge is 0.387 e. The maximum Gasteiger partial charge on any atom is 0.0991 e. The van der Waals surface area contributed by atoms with E-state index in [0.717, 1.165) is 18.3 Å². The molecule has 13 heavy (non-hydrogen) atoms. The molecule has 1 rings (SSSR count). The molecule has 2 N–H and O–H groups in total. The summed E-state index contributed by atoms with van der Waals surface area (Å²) in [6.45, 7) is 7.28. The fourth-order valence-corrected chi connectivity index (χ4v) is 1.66. The van der Waals surface area contributed by atoms with Gasteiger partial charge < -0.3 is 5.73 Å². The van der Waals surface area contributed by atoms with E-state index in [1.165, 1.54) is 25.7 Å². The van der Waals surface area contributed by atoms with Gasteiger partial charge in [-0.1, -0.05) is 33.6 Å². The molecule has 0 aromatic rings. The molecule has 0 radical (unpaired) electrons. The summed E-state index contributed by atoms with van der Waals surface area (Å²) in [4.78, 5) is 4.47. The molecule has 0 saturated heterocycles. The fourth-order valence-electron chi connectivity index (χ4n) is 1.66. The van der Waals surface area contributed by atoms with E-state index in [0.29, 0.717) is 0 Å². The highest BCUT2D eigenvalue weighted by atomic mass is 14.9. The van der Waals surface area contributed by atoms with Crippen molar-refractivity contribution in [2.75, 3.05) is 6.54 Å². The summed E-state index contributed by atoms with van der Waals surface area (Å²) in [5, 5.41) is 0. The molecule has 1 saturated carbocycles. The SMILES string of the molecule is CC(C)(C)C(N)=NCC1CCCC1. The molecule has 1 aliphatic rings. The standard InChI is InChI=1S/C11H22N2/c1-11(2,3)10(12)13-8-9-6-4-5-7-9/h9H,4-8H2,1-3H3,(H2,12,13). The van der Waals surface area contributed by atoms with Gasteiger partial charge in [-0.15, -0.1) is 0 Å². The topological polar surface area (TPSA) is 38.4 Å². The predicted molar refractivity (Wildman–Crippen MR) is 57.9 cm³/mol. The Morgan fingerprint density at radius 2 is 1.85 bits per heavy atom. The highest BCUT2D eigenvalue weighted by Gasteiger charge is 2.18. The van der Waals surface area contributed by atoms with Gasteiger partial charge in [-0.05, 0) is 18.8 Å². The molecule has 1 fully saturated rings. The van der Waals surface area contributed by atoms with Gasteiger partial charge >= 0.3 is 0 Å². The summed E-state index contributed by atoms with van der Waals surface area (Å²) < 4.78 is 0. The van der Waals surface area contributed by atoms with E-state index in [1.54, 1.807) is 0 Å². The number of hydrogen-bond donors (Lipinski definition) is 1. The Labute approximate surface area is 81.6 Å². The summed E-state index contributed by atoms with van der Waals surface area (Å²) in [5.74, 6) is 1.61. The molecule has 0 unspecified atom stereocenters. The first-order chi connectivity index (χ1) is 6.00. The molecule has 2 heteroatoms. The number of hydrogen-bond acceptors (Lipinski definition) is 1. The maximum absolute atomic E-state index is 5.88. The second-order valence-corrected chi connectivity index (χ2v) is 5.13. The summed E-state index contributed by atoms with van der Waals surface area (Å²) in [7, 11) is 0. The summed E-state index contributed by atoms with van der Waals surface area (Å²) in [6, 6.07) is 0. The lowest BCUT2D eigenvalue weighted by molar-refractivity contribution is 0.543. The van der Waals surface area contributed by atoms with Gasteiger partial charge in [0.1, 0.15) is 0 Å². The van der Waals surface area contributed by atoms with E-state index in [1.807, 2.05) is 0 Å². The van der Waals surface area contributed by atoms with Crippen molar-refractivity contribution in [3.8, 4) is 0 Å². The molecule has 0 aliphatic heterocycles. The van der Waals surface area contributed by atoms with Crippen LogP contribution >= 0.6 is 0 Å². The Hall–Kier alpha value is -0.530. The number of nitrogens with two attached hydrogens (primary N) is 1. The lowest BCUT2D eigenvalue weighted by Crippen LogP contribution is -2.29. The molecule has 0 aromatic heterocycles. The van der Waals surface area contributed by atoms with Crippen molar-refractivity contribution in [1.29, 1.82) is 0 Å². The lowest BCUT2D eigenvalue weighted by atomic mass is 9.95. The van der Waals surface area contributed by atoms with Gasteiger partial charge in [0, 0.05) is 12.0 Å². The van der Waals surface area contributed by atoms with E-state index in [2.05, 4.69) is 25.8 Å². The highest BCUT2D eigenvalue weighted by molar-refractivity contribution is 5.85. The van der Waals surface area contributed by atoms with Crippen molar-refractivity contribution in [1.82, 2.24) is 0 Å².